The molecule has 2 heterocycles. The molecule has 3 heteroatoms. The van der Waals surface area contributed by atoms with Crippen LogP contribution in [0.5, 0.6) is 0 Å². The van der Waals surface area contributed by atoms with Gasteiger partial charge in [0.05, 0.1) is 22.1 Å². The number of benzene rings is 14. The van der Waals surface area contributed by atoms with E-state index in [1.807, 2.05) is 11.3 Å². The number of hydrogen-bond acceptors (Lipinski definition) is 2. The molecule has 1 aliphatic rings. The molecule has 0 N–H and O–H groups in total. The smallest absolute Gasteiger partial charge is 0.0719 e. The lowest BCUT2D eigenvalue weighted by Crippen LogP contribution is -2.29. The van der Waals surface area contributed by atoms with Crippen LogP contribution in [-0.2, 0) is 5.41 Å². The third-order valence-corrected chi connectivity index (χ3v) is 19.1. The molecule has 0 atom stereocenters. The largest absolute Gasteiger partial charge is 0.310 e. The fourth-order valence-electron chi connectivity index (χ4n) is 14.2. The Bertz CT molecular complexity index is 5190. The number of hydrogen-bond donors (Lipinski definition) is 0. The highest BCUT2D eigenvalue weighted by Crippen LogP contribution is 2.60. The number of nitrogens with zero attached hydrogens (tertiary/aromatic N) is 2. The minimum Gasteiger partial charge on any atom is -0.310 e. The number of fused-ring (bicyclic) bond motifs is 12. The number of anilines is 3. The van der Waals surface area contributed by atoms with Crippen LogP contribution in [0.15, 0.2) is 315 Å². The molecule has 392 valence electrons. The molecule has 0 saturated heterocycles. The fourth-order valence-corrected chi connectivity index (χ4v) is 15.6. The maximum absolute atomic E-state index is 2.56. The monoisotopic (exact) mass is 1080 g/mol. The van der Waals surface area contributed by atoms with Crippen molar-refractivity contribution in [2.45, 2.75) is 5.41 Å². The van der Waals surface area contributed by atoms with Crippen molar-refractivity contribution in [3.8, 4) is 50.2 Å². The first-order valence-electron chi connectivity index (χ1n) is 29.0. The van der Waals surface area contributed by atoms with Crippen molar-refractivity contribution in [2.24, 2.45) is 0 Å². The van der Waals surface area contributed by atoms with Crippen molar-refractivity contribution in [1.29, 1.82) is 0 Å². The van der Waals surface area contributed by atoms with E-state index in [0.717, 1.165) is 22.6 Å². The van der Waals surface area contributed by atoms with E-state index in [9.17, 15) is 0 Å². The average molecular weight is 1090 g/mol. The lowest BCUT2D eigenvalue weighted by atomic mass is 9.66. The van der Waals surface area contributed by atoms with Crippen LogP contribution in [0.4, 0.5) is 17.1 Å². The van der Waals surface area contributed by atoms with Gasteiger partial charge < -0.3 is 9.47 Å². The van der Waals surface area contributed by atoms with Crippen molar-refractivity contribution in [1.82, 2.24) is 4.57 Å². The molecule has 1 aliphatic carbocycles. The van der Waals surface area contributed by atoms with Crippen LogP contribution in [-0.4, -0.2) is 4.57 Å². The Morgan fingerprint density at radius 1 is 0.298 bits per heavy atom. The van der Waals surface area contributed by atoms with Crippen LogP contribution in [0, 0.1) is 0 Å². The van der Waals surface area contributed by atoms with Gasteiger partial charge in [-0.15, -0.1) is 11.3 Å². The van der Waals surface area contributed by atoms with Gasteiger partial charge in [-0.1, -0.05) is 267 Å². The molecule has 0 fully saturated rings. The molecule has 0 saturated carbocycles. The molecule has 0 spiro atoms. The van der Waals surface area contributed by atoms with E-state index in [0.29, 0.717) is 0 Å². The van der Waals surface area contributed by atoms with Crippen molar-refractivity contribution < 1.29 is 0 Å². The summed E-state index contributed by atoms with van der Waals surface area (Å²) in [5.74, 6) is 0. The quantitative estimate of drug-likeness (QED) is 0.140. The summed E-state index contributed by atoms with van der Waals surface area (Å²) in [4.78, 5) is 2.42. The van der Waals surface area contributed by atoms with E-state index in [-0.39, 0.29) is 0 Å². The maximum atomic E-state index is 2.56. The summed E-state index contributed by atoms with van der Waals surface area (Å²) in [5.41, 5.74) is 21.2. The van der Waals surface area contributed by atoms with Gasteiger partial charge in [0.2, 0.25) is 0 Å². The summed E-state index contributed by atoms with van der Waals surface area (Å²) < 4.78 is 5.13. The van der Waals surface area contributed by atoms with E-state index < -0.39 is 5.41 Å². The second kappa shape index (κ2) is 19.3. The van der Waals surface area contributed by atoms with Gasteiger partial charge in [0.15, 0.2) is 0 Å². The molecule has 17 rings (SSSR count). The van der Waals surface area contributed by atoms with Gasteiger partial charge in [-0.3, -0.25) is 0 Å². The highest BCUT2D eigenvalue weighted by atomic mass is 32.1. The highest BCUT2D eigenvalue weighted by Gasteiger charge is 2.47. The van der Waals surface area contributed by atoms with Crippen LogP contribution in [0.2, 0.25) is 0 Å². The Hall–Kier alpha value is -10.6. The summed E-state index contributed by atoms with van der Waals surface area (Å²) in [6, 6.07) is 117. The molecule has 0 radical (unpaired) electrons. The zero-order valence-electron chi connectivity index (χ0n) is 45.8. The molecule has 0 amide bonds. The third kappa shape index (κ3) is 7.29. The number of aromatic nitrogens is 1. The van der Waals surface area contributed by atoms with Crippen molar-refractivity contribution in [3.05, 3.63) is 338 Å². The van der Waals surface area contributed by atoms with Crippen molar-refractivity contribution in [3.63, 3.8) is 0 Å². The van der Waals surface area contributed by atoms with E-state index in [1.54, 1.807) is 0 Å². The molecule has 16 aromatic rings. The van der Waals surface area contributed by atoms with E-state index in [2.05, 4.69) is 325 Å². The van der Waals surface area contributed by atoms with Crippen molar-refractivity contribution >= 4 is 91.9 Å². The normalized spacial score (nSPS) is 12.6. The molecule has 2 nitrogen and oxygen atoms in total. The second-order valence-corrected chi connectivity index (χ2v) is 23.3. The molecule has 14 aromatic carbocycles. The topological polar surface area (TPSA) is 8.17 Å². The summed E-state index contributed by atoms with van der Waals surface area (Å²) in [7, 11) is 0. The Morgan fingerprint density at radius 2 is 0.798 bits per heavy atom. The zero-order chi connectivity index (χ0) is 55.3. The van der Waals surface area contributed by atoms with Gasteiger partial charge in [0.25, 0.3) is 0 Å². The van der Waals surface area contributed by atoms with Gasteiger partial charge >= 0.3 is 0 Å². The molecule has 0 aliphatic heterocycles. The minimum atomic E-state index is -0.556. The molecule has 2 aromatic heterocycles. The average Bonchev–Trinajstić information content (AvgIpc) is 1.89. The van der Waals surface area contributed by atoms with Crippen LogP contribution in [0.25, 0.3) is 114 Å². The fraction of sp³-hybridized carbons (Fsp3) is 0.0123. The molecule has 0 bridgehead atoms. The first-order valence-corrected chi connectivity index (χ1v) is 29.8. The lowest BCUT2D eigenvalue weighted by Gasteiger charge is -2.35. The van der Waals surface area contributed by atoms with Gasteiger partial charge in [-0.2, -0.15) is 0 Å². The molecular formula is C81H52N2S. The van der Waals surface area contributed by atoms with Crippen LogP contribution in [0.3, 0.4) is 0 Å². The van der Waals surface area contributed by atoms with Crippen LogP contribution in [0.1, 0.15) is 22.3 Å². The summed E-state index contributed by atoms with van der Waals surface area (Å²) in [6.45, 7) is 0. The predicted octanol–water partition coefficient (Wildman–Crippen LogP) is 22.3. The summed E-state index contributed by atoms with van der Waals surface area (Å²) in [5, 5.41) is 9.89. The lowest BCUT2D eigenvalue weighted by molar-refractivity contribution is 0.770. The molecule has 0 unspecified atom stereocenters. The Balaban J connectivity index is 0.897. The predicted molar refractivity (Wildman–Crippen MR) is 357 cm³/mol. The molecular weight excluding hydrogens is 1030 g/mol. The van der Waals surface area contributed by atoms with Crippen molar-refractivity contribution in [2.75, 3.05) is 4.90 Å². The van der Waals surface area contributed by atoms with Gasteiger partial charge in [-0.05, 0) is 137 Å². The number of rotatable bonds is 9. The standard InChI is InChI=1S/C81H52N2S/c1-4-21-53(22-5-1)54-41-45-60(46-42-54)82(61-47-43-56(44-48-61)64-34-18-25-55-23-10-12-30-63(55)64)62-49-50-68-67-33-15-17-40-74(67)83(75(68)52-62)76-51-57-24-11-13-31-65(57)80-77(76)72-38-20-37-71(79(72)84-80)70-36-19-35-69-66-32-14-16-39-73(66)81(78(69)70,58-26-6-2-7-27-58)59-28-8-3-9-29-59/h1-52H. The summed E-state index contributed by atoms with van der Waals surface area (Å²) in [6.07, 6.45) is 0. The van der Waals surface area contributed by atoms with E-state index in [1.165, 1.54) is 130 Å². The SMILES string of the molecule is c1ccc(-c2ccc(N(c3ccc(-c4cccc5ccccc45)cc3)c3ccc4c5ccccc5n(-c5cc6ccccc6c6sc7c(-c8cccc9c8C(c8ccccc8)(c8ccccc8)c8ccccc8-9)cccc7c56)c4c3)cc2)cc1. The van der Waals surface area contributed by atoms with Gasteiger partial charge in [0.1, 0.15) is 0 Å². The van der Waals surface area contributed by atoms with Crippen LogP contribution >= 0.6 is 11.3 Å². The van der Waals surface area contributed by atoms with E-state index in [4.69, 9.17) is 0 Å². The second-order valence-electron chi connectivity index (χ2n) is 22.2. The third-order valence-electron chi connectivity index (χ3n) is 17.8. The molecule has 84 heavy (non-hydrogen) atoms. The number of thiophene rings is 1. The Morgan fingerprint density at radius 3 is 1.55 bits per heavy atom. The zero-order valence-corrected chi connectivity index (χ0v) is 46.6. The van der Waals surface area contributed by atoms with Crippen LogP contribution < -0.4 is 4.90 Å². The van der Waals surface area contributed by atoms with Gasteiger partial charge in [-0.25, -0.2) is 0 Å². The highest BCUT2D eigenvalue weighted by molar-refractivity contribution is 7.27. The maximum Gasteiger partial charge on any atom is 0.0719 e. The van der Waals surface area contributed by atoms with E-state index >= 15 is 0 Å². The summed E-state index contributed by atoms with van der Waals surface area (Å²) >= 11 is 1.94. The van der Waals surface area contributed by atoms with Gasteiger partial charge in [0, 0.05) is 48.0 Å². The first kappa shape index (κ1) is 48.2. The minimum absolute atomic E-state index is 0.556. The Labute approximate surface area is 491 Å². The first-order chi connectivity index (χ1) is 41.7. The Kier molecular flexibility index (Phi) is 11.1. The number of para-hydroxylation sites is 1.